The van der Waals surface area contributed by atoms with Crippen molar-refractivity contribution in [2.24, 2.45) is 0 Å². The maximum atomic E-state index is 9.56. The van der Waals surface area contributed by atoms with Gasteiger partial charge < -0.3 is 36.9 Å². The molecular weight excluding hydrogens is 1230 g/mol. The Labute approximate surface area is 544 Å². The van der Waals surface area contributed by atoms with Crippen LogP contribution in [0.15, 0.2) is 314 Å². The molecule has 444 valence electrons. The molecule has 0 aliphatic rings. The average molecular weight is 1280 g/mol. The minimum atomic E-state index is -1.51. The van der Waals surface area contributed by atoms with Gasteiger partial charge in [-0.2, -0.15) is 0 Å². The maximum Gasteiger partial charge on any atom is 0.488 e. The lowest BCUT2D eigenvalue weighted by Crippen LogP contribution is -2.29. The fraction of sp³-hybridized carbons (Fsp3) is 0. The van der Waals surface area contributed by atoms with E-state index in [2.05, 4.69) is 235 Å². The minimum Gasteiger partial charge on any atom is -0.456 e. The van der Waals surface area contributed by atoms with Gasteiger partial charge in [-0.3, -0.25) is 9.97 Å². The van der Waals surface area contributed by atoms with E-state index < -0.39 is 7.12 Å². The highest BCUT2D eigenvalue weighted by atomic mass is 79.9. The van der Waals surface area contributed by atoms with Gasteiger partial charge in [0.2, 0.25) is 0 Å². The second-order valence-electron chi connectivity index (χ2n) is 23.6. The molecule has 0 saturated heterocycles. The molecule has 10 nitrogen and oxygen atoms in total. The van der Waals surface area contributed by atoms with Crippen LogP contribution in [-0.2, 0) is 0 Å². The number of para-hydroxylation sites is 6. The lowest BCUT2D eigenvalue weighted by molar-refractivity contribution is 0.426. The fourth-order valence-electron chi connectivity index (χ4n) is 13.7. The maximum absolute atomic E-state index is 9.56. The van der Waals surface area contributed by atoms with Crippen LogP contribution in [0.2, 0.25) is 0 Å². The van der Waals surface area contributed by atoms with Gasteiger partial charge in [0, 0.05) is 122 Å². The number of furan rings is 4. The van der Waals surface area contributed by atoms with E-state index >= 15 is 0 Å². The van der Waals surface area contributed by atoms with Crippen LogP contribution in [-0.4, -0.2) is 36.3 Å². The van der Waals surface area contributed by atoms with Gasteiger partial charge in [0.15, 0.2) is 0 Å². The number of hydrogen-bond acceptors (Lipinski definition) is 8. The van der Waals surface area contributed by atoms with Crippen molar-refractivity contribution in [1.82, 2.24) is 19.1 Å². The van der Waals surface area contributed by atoms with Crippen LogP contribution in [0.25, 0.3) is 176 Å². The lowest BCUT2D eigenvalue weighted by atomic mass is 9.80. The van der Waals surface area contributed by atoms with Gasteiger partial charge in [0.1, 0.15) is 44.7 Å². The van der Waals surface area contributed by atoms with Crippen LogP contribution in [0.3, 0.4) is 0 Å². The van der Waals surface area contributed by atoms with E-state index in [-0.39, 0.29) is 0 Å². The summed E-state index contributed by atoms with van der Waals surface area (Å²) in [5.41, 5.74) is 20.7. The van der Waals surface area contributed by atoms with Crippen LogP contribution in [0.4, 0.5) is 0 Å². The number of fused-ring (bicyclic) bond motifs is 18. The molecule has 0 aliphatic carbocycles. The number of rotatable bonds is 6. The SMILES string of the molecule is Brc1cncc(-c2ccc3oc4ccccc4c3c2)c1.OB(O)c1ccc2oc3ccc(-n4c5ccccc5c5ccccc54)cc3c2c1.c1ccc2c(c1)oc1ccc(-c3cncc(-c4ccc5oc6ccc(-n7c8ccccc8c8ccccc87)cc6c5c4)c3)cc12. The summed E-state index contributed by atoms with van der Waals surface area (Å²) in [6, 6.07) is 91.4. The largest absolute Gasteiger partial charge is 0.488 e. The number of benzene rings is 12. The molecule has 0 bridgehead atoms. The highest BCUT2D eigenvalue weighted by molar-refractivity contribution is 9.10. The molecule has 0 spiro atoms. The summed E-state index contributed by atoms with van der Waals surface area (Å²) in [5.74, 6) is 0. The third-order valence-electron chi connectivity index (χ3n) is 18.1. The third kappa shape index (κ3) is 9.33. The Balaban J connectivity index is 0.000000113. The standard InChI is InChI=1S/C41H24N2O2.C24H16BNO3.C17H10BrNO/c1-4-10-36-30(7-1)31-8-2-5-11-37(31)43(36)29-15-18-41-35(22-29)34-21-26(14-17-40(34)45-41)28-19-27(23-42-24-28)25-13-16-39-33(20-25)32-9-3-6-12-38(32)44-39;27-25(28)15-9-11-23-19(13-15)20-14-16(10-12-24(20)29-23)26-21-7-3-1-5-17(21)18-6-2-4-8-22(18)26;18-13-7-12(9-19-10-13)11-5-6-17-15(8-11)14-3-1-2-4-16(14)20-17/h1-24H;1-14,27-28H;1-10H. The van der Waals surface area contributed by atoms with Crippen LogP contribution < -0.4 is 5.46 Å². The van der Waals surface area contributed by atoms with Crippen molar-refractivity contribution in [2.45, 2.75) is 0 Å². The van der Waals surface area contributed by atoms with E-state index in [4.69, 9.17) is 17.7 Å². The van der Waals surface area contributed by atoms with E-state index in [9.17, 15) is 10.0 Å². The molecule has 0 amide bonds. The van der Waals surface area contributed by atoms with E-state index in [1.807, 2.05) is 67.1 Å². The first-order valence-corrected chi connectivity index (χ1v) is 31.7. The first-order chi connectivity index (χ1) is 46.3. The molecule has 0 unspecified atom stereocenters. The summed E-state index contributed by atoms with van der Waals surface area (Å²) in [7, 11) is -1.51. The van der Waals surface area contributed by atoms with Crippen molar-refractivity contribution in [1.29, 1.82) is 0 Å². The molecule has 8 heterocycles. The predicted octanol–water partition coefficient (Wildman–Crippen LogP) is 21.1. The quantitative estimate of drug-likeness (QED) is 0.158. The van der Waals surface area contributed by atoms with Crippen molar-refractivity contribution >= 4 is 160 Å². The lowest BCUT2D eigenvalue weighted by Gasteiger charge is -2.08. The van der Waals surface area contributed by atoms with E-state index in [0.29, 0.717) is 5.46 Å². The highest BCUT2D eigenvalue weighted by Gasteiger charge is 2.20. The molecule has 0 aliphatic heterocycles. The van der Waals surface area contributed by atoms with Gasteiger partial charge in [-0.05, 0) is 165 Å². The van der Waals surface area contributed by atoms with Crippen LogP contribution in [0.1, 0.15) is 0 Å². The van der Waals surface area contributed by atoms with Crippen molar-refractivity contribution in [3.05, 3.63) is 296 Å². The molecule has 20 rings (SSSR count). The van der Waals surface area contributed by atoms with Gasteiger partial charge in [-0.1, -0.05) is 140 Å². The number of pyridine rings is 2. The molecule has 0 fully saturated rings. The Bertz CT molecular complexity index is 6300. The van der Waals surface area contributed by atoms with Crippen molar-refractivity contribution < 1.29 is 27.7 Å². The molecule has 2 N–H and O–H groups in total. The molecule has 0 saturated carbocycles. The van der Waals surface area contributed by atoms with Gasteiger partial charge in [-0.15, -0.1) is 0 Å². The van der Waals surface area contributed by atoms with Crippen molar-refractivity contribution in [3.8, 4) is 44.8 Å². The molecular formula is C82H50BBrN4O6. The smallest absolute Gasteiger partial charge is 0.456 e. The first-order valence-electron chi connectivity index (χ1n) is 31.0. The van der Waals surface area contributed by atoms with E-state index in [0.717, 1.165) is 148 Å². The Morgan fingerprint density at radius 3 is 0.979 bits per heavy atom. The first kappa shape index (κ1) is 55.1. The highest BCUT2D eigenvalue weighted by Crippen LogP contribution is 2.41. The molecule has 20 aromatic rings. The van der Waals surface area contributed by atoms with Gasteiger partial charge in [-0.25, -0.2) is 0 Å². The van der Waals surface area contributed by atoms with Gasteiger partial charge >= 0.3 is 7.12 Å². The Kier molecular flexibility index (Phi) is 13.0. The molecule has 8 aromatic heterocycles. The van der Waals surface area contributed by atoms with Crippen LogP contribution in [0, 0.1) is 0 Å². The summed E-state index contributed by atoms with van der Waals surface area (Å²) in [5, 5.41) is 32.5. The zero-order chi connectivity index (χ0) is 62.5. The van der Waals surface area contributed by atoms with Crippen LogP contribution >= 0.6 is 15.9 Å². The summed E-state index contributed by atoms with van der Waals surface area (Å²) in [6.45, 7) is 0. The molecule has 0 atom stereocenters. The number of halogens is 1. The summed E-state index contributed by atoms with van der Waals surface area (Å²) in [6.07, 6.45) is 7.52. The average Bonchev–Trinajstić information content (AvgIpc) is 1.60. The zero-order valence-electron chi connectivity index (χ0n) is 50.0. The number of aromatic nitrogens is 4. The summed E-state index contributed by atoms with van der Waals surface area (Å²) in [4.78, 5) is 8.87. The molecule has 94 heavy (non-hydrogen) atoms. The predicted molar refractivity (Wildman–Crippen MR) is 387 cm³/mol. The Morgan fingerprint density at radius 1 is 0.266 bits per heavy atom. The minimum absolute atomic E-state index is 0.447. The molecule has 12 aromatic carbocycles. The topological polar surface area (TPSA) is 129 Å². The Hall–Kier alpha value is -11.8. The number of hydrogen-bond donors (Lipinski definition) is 2. The number of nitrogens with zero attached hydrogens (tertiary/aromatic N) is 4. The van der Waals surface area contributed by atoms with E-state index in [1.165, 1.54) is 32.6 Å². The molecule has 0 radical (unpaired) electrons. The second kappa shape index (κ2) is 22.3. The third-order valence-corrected chi connectivity index (χ3v) is 18.5. The molecule has 12 heteroatoms. The summed E-state index contributed by atoms with van der Waals surface area (Å²) >= 11 is 3.46. The van der Waals surface area contributed by atoms with Gasteiger partial charge in [0.25, 0.3) is 0 Å². The van der Waals surface area contributed by atoms with Gasteiger partial charge in [0.05, 0.1) is 22.1 Å². The summed E-state index contributed by atoms with van der Waals surface area (Å²) < 4.78 is 29.8. The van der Waals surface area contributed by atoms with E-state index in [1.54, 1.807) is 24.4 Å². The zero-order valence-corrected chi connectivity index (χ0v) is 51.6. The normalized spacial score (nSPS) is 11.8. The van der Waals surface area contributed by atoms with Crippen molar-refractivity contribution in [3.63, 3.8) is 0 Å². The fourth-order valence-corrected chi connectivity index (χ4v) is 14.1. The van der Waals surface area contributed by atoms with Crippen LogP contribution in [0.5, 0.6) is 0 Å². The van der Waals surface area contributed by atoms with Crippen molar-refractivity contribution in [2.75, 3.05) is 0 Å². The Morgan fingerprint density at radius 2 is 0.574 bits per heavy atom. The monoisotopic (exact) mass is 1280 g/mol. The second-order valence-corrected chi connectivity index (χ2v) is 24.5.